The van der Waals surface area contributed by atoms with E-state index in [1.54, 1.807) is 24.3 Å². The first-order valence-corrected chi connectivity index (χ1v) is 11.2. The van der Waals surface area contributed by atoms with Crippen LogP contribution >= 0.6 is 11.6 Å². The highest BCUT2D eigenvalue weighted by atomic mass is 35.5. The van der Waals surface area contributed by atoms with Gasteiger partial charge in [-0.1, -0.05) is 35.9 Å². The third-order valence-electron chi connectivity index (χ3n) is 4.00. The second kappa shape index (κ2) is 10.3. The highest BCUT2D eigenvalue weighted by Crippen LogP contribution is 2.29. The van der Waals surface area contributed by atoms with Gasteiger partial charge in [-0.25, -0.2) is 8.42 Å². The van der Waals surface area contributed by atoms with Crippen LogP contribution in [0.1, 0.15) is 18.9 Å². The number of nitrogens with one attached hydrogen (secondary N) is 1. The van der Waals surface area contributed by atoms with Crippen molar-refractivity contribution in [2.75, 3.05) is 30.3 Å². The molecule has 0 bridgehead atoms. The van der Waals surface area contributed by atoms with Gasteiger partial charge in [0, 0.05) is 11.6 Å². The average Bonchev–Trinajstić information content (AvgIpc) is 2.65. The lowest BCUT2D eigenvalue weighted by molar-refractivity contribution is -0.119. The zero-order chi connectivity index (χ0) is 20.6. The van der Waals surface area contributed by atoms with Crippen LogP contribution < -0.4 is 14.4 Å². The van der Waals surface area contributed by atoms with Gasteiger partial charge in [-0.2, -0.15) is 0 Å². The molecule has 0 aliphatic carbocycles. The molecule has 0 atom stereocenters. The minimum atomic E-state index is -3.65. The molecule has 2 rings (SSSR count). The maximum absolute atomic E-state index is 12.3. The maximum atomic E-state index is 12.3. The molecular formula is C20H25ClN2O4S. The standard InChI is InChI=1S/C20H25ClN2O4S/c1-3-27-19-9-5-4-8-18(19)23(28(2,25)26)15-20(24)22-14-6-7-16-10-12-17(21)13-11-16/h4-5,8-13H,3,6-7,14-15H2,1-2H3,(H,22,24). The Hall–Kier alpha value is -2.25. The molecule has 2 aromatic carbocycles. The van der Waals surface area contributed by atoms with Gasteiger partial charge < -0.3 is 10.1 Å². The number of hydrogen-bond donors (Lipinski definition) is 1. The van der Waals surface area contributed by atoms with Crippen molar-refractivity contribution in [3.8, 4) is 5.75 Å². The van der Waals surface area contributed by atoms with Crippen molar-refractivity contribution < 1.29 is 17.9 Å². The molecule has 0 spiro atoms. The van der Waals surface area contributed by atoms with Gasteiger partial charge in [0.15, 0.2) is 0 Å². The molecular weight excluding hydrogens is 400 g/mol. The van der Waals surface area contributed by atoms with E-state index in [1.165, 1.54) is 0 Å². The van der Waals surface area contributed by atoms with Crippen LogP contribution in [0.2, 0.25) is 5.02 Å². The molecule has 2 aromatic rings. The van der Waals surface area contributed by atoms with Crippen LogP contribution in [0.5, 0.6) is 5.75 Å². The second-order valence-corrected chi connectivity index (χ2v) is 8.59. The SMILES string of the molecule is CCOc1ccccc1N(CC(=O)NCCCc1ccc(Cl)cc1)S(C)(=O)=O. The summed E-state index contributed by atoms with van der Waals surface area (Å²) in [6.45, 7) is 2.36. The minimum Gasteiger partial charge on any atom is -0.492 e. The van der Waals surface area contributed by atoms with E-state index < -0.39 is 10.0 Å². The molecule has 8 heteroatoms. The van der Waals surface area contributed by atoms with Gasteiger partial charge in [-0.3, -0.25) is 9.10 Å². The summed E-state index contributed by atoms with van der Waals surface area (Å²) in [6.07, 6.45) is 2.60. The minimum absolute atomic E-state index is 0.302. The molecule has 0 aliphatic heterocycles. The number of rotatable bonds is 10. The maximum Gasteiger partial charge on any atom is 0.240 e. The van der Waals surface area contributed by atoms with Crippen LogP contribution in [0, 0.1) is 0 Å². The predicted octanol–water partition coefficient (Wildman–Crippen LogP) is 3.25. The summed E-state index contributed by atoms with van der Waals surface area (Å²) in [6, 6.07) is 14.3. The summed E-state index contributed by atoms with van der Waals surface area (Å²) in [4.78, 5) is 12.3. The molecule has 1 amide bonds. The zero-order valence-corrected chi connectivity index (χ0v) is 17.6. The first-order chi connectivity index (χ1) is 13.3. The van der Waals surface area contributed by atoms with Crippen molar-refractivity contribution in [3.63, 3.8) is 0 Å². The van der Waals surface area contributed by atoms with E-state index in [2.05, 4.69) is 5.32 Å². The van der Waals surface area contributed by atoms with Gasteiger partial charge in [0.25, 0.3) is 0 Å². The van der Waals surface area contributed by atoms with Crippen LogP contribution in [-0.2, 0) is 21.2 Å². The van der Waals surface area contributed by atoms with E-state index >= 15 is 0 Å². The van der Waals surface area contributed by atoms with Gasteiger partial charge in [0.1, 0.15) is 12.3 Å². The number of para-hydroxylation sites is 2. The van der Waals surface area contributed by atoms with E-state index in [9.17, 15) is 13.2 Å². The van der Waals surface area contributed by atoms with E-state index in [-0.39, 0.29) is 12.5 Å². The van der Waals surface area contributed by atoms with Gasteiger partial charge >= 0.3 is 0 Å². The molecule has 0 aromatic heterocycles. The monoisotopic (exact) mass is 424 g/mol. The third kappa shape index (κ3) is 6.73. The first kappa shape index (κ1) is 22.0. The number of aryl methyl sites for hydroxylation is 1. The highest BCUT2D eigenvalue weighted by molar-refractivity contribution is 7.92. The Morgan fingerprint density at radius 1 is 1.14 bits per heavy atom. The Balaban J connectivity index is 1.95. The number of carbonyl (C=O) groups is 1. The molecule has 0 unspecified atom stereocenters. The fourth-order valence-electron chi connectivity index (χ4n) is 2.68. The Morgan fingerprint density at radius 2 is 1.82 bits per heavy atom. The Labute approximate surface area is 171 Å². The van der Waals surface area contributed by atoms with E-state index in [0.717, 1.165) is 29.0 Å². The summed E-state index contributed by atoms with van der Waals surface area (Å²) in [5.74, 6) is 0.0544. The fraction of sp³-hybridized carbons (Fsp3) is 0.350. The Kier molecular flexibility index (Phi) is 8.14. The normalized spacial score (nSPS) is 11.1. The fourth-order valence-corrected chi connectivity index (χ4v) is 3.67. The number of sulfonamides is 1. The molecule has 0 saturated carbocycles. The number of ether oxygens (including phenoxy) is 1. The lowest BCUT2D eigenvalue weighted by Crippen LogP contribution is -2.40. The van der Waals surface area contributed by atoms with Crippen LogP contribution in [0.3, 0.4) is 0 Å². The molecule has 0 saturated heterocycles. The van der Waals surface area contributed by atoms with Crippen molar-refractivity contribution >= 4 is 33.2 Å². The van der Waals surface area contributed by atoms with Crippen molar-refractivity contribution in [1.29, 1.82) is 0 Å². The van der Waals surface area contributed by atoms with Crippen LogP contribution in [0.15, 0.2) is 48.5 Å². The largest absolute Gasteiger partial charge is 0.492 e. The molecule has 6 nitrogen and oxygen atoms in total. The topological polar surface area (TPSA) is 75.7 Å². The van der Waals surface area contributed by atoms with Crippen LogP contribution in [0.4, 0.5) is 5.69 Å². The van der Waals surface area contributed by atoms with Gasteiger partial charge in [-0.05, 0) is 49.6 Å². The highest BCUT2D eigenvalue weighted by Gasteiger charge is 2.23. The summed E-state index contributed by atoms with van der Waals surface area (Å²) >= 11 is 5.86. The predicted molar refractivity (Wildman–Crippen MR) is 113 cm³/mol. The molecule has 0 heterocycles. The van der Waals surface area contributed by atoms with E-state index in [4.69, 9.17) is 16.3 Å². The molecule has 0 radical (unpaired) electrons. The second-order valence-electron chi connectivity index (χ2n) is 6.25. The number of anilines is 1. The van der Waals surface area contributed by atoms with Gasteiger partial charge in [-0.15, -0.1) is 0 Å². The van der Waals surface area contributed by atoms with Gasteiger partial charge in [0.05, 0.1) is 18.6 Å². The van der Waals surface area contributed by atoms with Crippen LogP contribution in [0.25, 0.3) is 0 Å². The number of nitrogens with zero attached hydrogens (tertiary/aromatic N) is 1. The smallest absolute Gasteiger partial charge is 0.240 e. The first-order valence-electron chi connectivity index (χ1n) is 9.02. The Morgan fingerprint density at radius 3 is 2.46 bits per heavy atom. The molecule has 1 N–H and O–H groups in total. The van der Waals surface area contributed by atoms with Crippen molar-refractivity contribution in [2.24, 2.45) is 0 Å². The summed E-state index contributed by atoms with van der Waals surface area (Å²) in [7, 11) is -3.65. The summed E-state index contributed by atoms with van der Waals surface area (Å²) in [5.41, 5.74) is 1.48. The molecule has 152 valence electrons. The Bertz CT molecular complexity index is 885. The number of hydrogen-bond acceptors (Lipinski definition) is 4. The third-order valence-corrected chi connectivity index (χ3v) is 5.38. The lowest BCUT2D eigenvalue weighted by Gasteiger charge is -2.24. The average molecular weight is 425 g/mol. The van der Waals surface area contributed by atoms with Crippen LogP contribution in [-0.4, -0.2) is 40.3 Å². The number of benzene rings is 2. The molecule has 28 heavy (non-hydrogen) atoms. The quantitative estimate of drug-likeness (QED) is 0.594. The van der Waals surface area contributed by atoms with Crippen molar-refractivity contribution in [3.05, 3.63) is 59.1 Å². The van der Waals surface area contributed by atoms with Crippen molar-refractivity contribution in [2.45, 2.75) is 19.8 Å². The zero-order valence-electron chi connectivity index (χ0n) is 16.0. The number of carbonyl (C=O) groups excluding carboxylic acids is 1. The number of halogens is 1. The summed E-state index contributed by atoms with van der Waals surface area (Å²) < 4.78 is 31.1. The number of amides is 1. The van der Waals surface area contributed by atoms with E-state index in [1.807, 2.05) is 31.2 Å². The van der Waals surface area contributed by atoms with Crippen molar-refractivity contribution in [1.82, 2.24) is 5.32 Å². The van der Waals surface area contributed by atoms with Gasteiger partial charge in [0.2, 0.25) is 15.9 Å². The molecule has 0 fully saturated rings. The molecule has 0 aliphatic rings. The summed E-state index contributed by atoms with van der Waals surface area (Å²) in [5, 5.41) is 3.46. The van der Waals surface area contributed by atoms with E-state index in [0.29, 0.717) is 29.6 Å². The lowest BCUT2D eigenvalue weighted by atomic mass is 10.1.